The molecule has 0 saturated carbocycles. The molecule has 4 heteroatoms. The Labute approximate surface area is 70.7 Å². The summed E-state index contributed by atoms with van der Waals surface area (Å²) in [6.07, 6.45) is 0. The van der Waals surface area contributed by atoms with E-state index >= 15 is 0 Å². The highest BCUT2D eigenvalue weighted by molar-refractivity contribution is 5.29. The van der Waals surface area contributed by atoms with Crippen LogP contribution in [-0.4, -0.2) is 15.2 Å². The van der Waals surface area contributed by atoms with Crippen LogP contribution in [0.1, 0.15) is 24.4 Å². The van der Waals surface area contributed by atoms with Crippen LogP contribution in [0.4, 0.5) is 0 Å². The summed E-state index contributed by atoms with van der Waals surface area (Å²) in [4.78, 5) is 3.97. The maximum Gasteiger partial charge on any atom is 0.138 e. The minimum absolute atomic E-state index is 0.0715. The van der Waals surface area contributed by atoms with E-state index in [9.17, 15) is 5.11 Å². The molecule has 0 radical (unpaired) electrons. The van der Waals surface area contributed by atoms with Gasteiger partial charge in [-0.05, 0) is 19.1 Å². The number of aromatic hydroxyl groups is 1. The smallest absolute Gasteiger partial charge is 0.138 e. The Balaban J connectivity index is 3.08. The average Bonchev–Trinajstić information content (AvgIpc) is 2.05. The lowest BCUT2D eigenvalue weighted by molar-refractivity contribution is 0.276. The van der Waals surface area contributed by atoms with E-state index < -0.39 is 0 Å². The predicted molar refractivity (Wildman–Crippen MR) is 44.4 cm³/mol. The van der Waals surface area contributed by atoms with Gasteiger partial charge < -0.3 is 15.9 Å². The third-order valence-electron chi connectivity index (χ3n) is 1.55. The molecule has 12 heavy (non-hydrogen) atoms. The molecule has 0 aliphatic carbocycles. The summed E-state index contributed by atoms with van der Waals surface area (Å²) in [5.41, 5.74) is 6.47. The lowest BCUT2D eigenvalue weighted by Crippen LogP contribution is -2.08. The zero-order chi connectivity index (χ0) is 9.14. The van der Waals surface area contributed by atoms with Crippen molar-refractivity contribution in [2.45, 2.75) is 19.6 Å². The van der Waals surface area contributed by atoms with E-state index in [1.165, 1.54) is 6.07 Å². The lowest BCUT2D eigenvalue weighted by Gasteiger charge is -2.07. The lowest BCUT2D eigenvalue weighted by atomic mass is 10.2. The molecule has 0 bridgehead atoms. The molecule has 0 fully saturated rings. The molecule has 4 N–H and O–H groups in total. The molecule has 66 valence electrons. The molecule has 1 atom stereocenters. The van der Waals surface area contributed by atoms with Gasteiger partial charge in [-0.2, -0.15) is 0 Å². The number of aromatic nitrogens is 1. The number of rotatable bonds is 2. The van der Waals surface area contributed by atoms with Crippen molar-refractivity contribution in [3.8, 4) is 5.75 Å². The molecule has 0 aromatic carbocycles. The second-order valence-electron chi connectivity index (χ2n) is 2.65. The van der Waals surface area contributed by atoms with Crippen molar-refractivity contribution in [3.63, 3.8) is 0 Å². The van der Waals surface area contributed by atoms with Crippen molar-refractivity contribution in [2.75, 3.05) is 0 Å². The molecule has 1 rings (SSSR count). The highest BCUT2D eigenvalue weighted by Crippen LogP contribution is 2.19. The monoisotopic (exact) mass is 168 g/mol. The van der Waals surface area contributed by atoms with E-state index in [1.807, 2.05) is 0 Å². The van der Waals surface area contributed by atoms with Gasteiger partial charge in [0, 0.05) is 6.04 Å². The molecule has 0 amide bonds. The van der Waals surface area contributed by atoms with Crippen LogP contribution in [0.5, 0.6) is 5.75 Å². The molecule has 1 heterocycles. The second kappa shape index (κ2) is 3.51. The standard InChI is InChI=1S/C8H12N2O2/c1-5(9)8-7(12)3-2-6(4-11)10-8/h2-3,5,11-12H,4,9H2,1H3/t5-/m1/s1. The summed E-state index contributed by atoms with van der Waals surface area (Å²) in [5, 5.41) is 18.0. The maximum atomic E-state index is 9.28. The highest BCUT2D eigenvalue weighted by Gasteiger charge is 2.07. The first-order chi connectivity index (χ1) is 5.65. The van der Waals surface area contributed by atoms with Gasteiger partial charge in [-0.3, -0.25) is 0 Å². The van der Waals surface area contributed by atoms with Crippen molar-refractivity contribution >= 4 is 0 Å². The predicted octanol–water partition coefficient (Wildman–Crippen LogP) is 0.299. The number of hydrogen-bond acceptors (Lipinski definition) is 4. The van der Waals surface area contributed by atoms with Gasteiger partial charge in [-0.1, -0.05) is 0 Å². The van der Waals surface area contributed by atoms with E-state index in [0.717, 1.165) is 0 Å². The summed E-state index contributed by atoms with van der Waals surface area (Å²) >= 11 is 0. The summed E-state index contributed by atoms with van der Waals surface area (Å²) in [6.45, 7) is 1.59. The van der Waals surface area contributed by atoms with E-state index in [1.54, 1.807) is 13.0 Å². The van der Waals surface area contributed by atoms with Crippen LogP contribution >= 0.6 is 0 Å². The minimum Gasteiger partial charge on any atom is -0.506 e. The van der Waals surface area contributed by atoms with Crippen molar-refractivity contribution in [1.29, 1.82) is 0 Å². The number of nitrogens with zero attached hydrogens (tertiary/aromatic N) is 1. The Morgan fingerprint density at radius 1 is 1.58 bits per heavy atom. The Hall–Kier alpha value is -1.13. The van der Waals surface area contributed by atoms with E-state index in [0.29, 0.717) is 11.4 Å². The Bertz CT molecular complexity index is 274. The fourth-order valence-electron chi connectivity index (χ4n) is 0.933. The van der Waals surface area contributed by atoms with Crippen LogP contribution in [0.15, 0.2) is 12.1 Å². The van der Waals surface area contributed by atoms with Crippen molar-refractivity contribution in [2.24, 2.45) is 5.73 Å². The van der Waals surface area contributed by atoms with Crippen LogP contribution in [-0.2, 0) is 6.61 Å². The van der Waals surface area contributed by atoms with Gasteiger partial charge >= 0.3 is 0 Å². The first-order valence-electron chi connectivity index (χ1n) is 3.70. The van der Waals surface area contributed by atoms with Crippen LogP contribution in [0.2, 0.25) is 0 Å². The normalized spacial score (nSPS) is 12.9. The van der Waals surface area contributed by atoms with Crippen molar-refractivity contribution in [3.05, 3.63) is 23.5 Å². The van der Waals surface area contributed by atoms with Gasteiger partial charge in [0.15, 0.2) is 0 Å². The van der Waals surface area contributed by atoms with E-state index in [2.05, 4.69) is 4.98 Å². The largest absolute Gasteiger partial charge is 0.506 e. The summed E-state index contributed by atoms with van der Waals surface area (Å²) in [6, 6.07) is 2.72. The fourth-order valence-corrected chi connectivity index (χ4v) is 0.933. The summed E-state index contributed by atoms with van der Waals surface area (Å²) < 4.78 is 0. The minimum atomic E-state index is -0.323. The van der Waals surface area contributed by atoms with Gasteiger partial charge in [0.05, 0.1) is 18.0 Å². The van der Waals surface area contributed by atoms with Crippen molar-refractivity contribution in [1.82, 2.24) is 4.98 Å². The van der Waals surface area contributed by atoms with Gasteiger partial charge in [0.2, 0.25) is 0 Å². The number of hydrogen-bond donors (Lipinski definition) is 3. The van der Waals surface area contributed by atoms with Crippen LogP contribution < -0.4 is 5.73 Å². The molecule has 0 saturated heterocycles. The molecule has 0 unspecified atom stereocenters. The topological polar surface area (TPSA) is 79.4 Å². The number of aliphatic hydroxyl groups is 1. The fraction of sp³-hybridized carbons (Fsp3) is 0.375. The van der Waals surface area contributed by atoms with E-state index in [4.69, 9.17) is 10.8 Å². The number of pyridine rings is 1. The molecular weight excluding hydrogens is 156 g/mol. The quantitative estimate of drug-likeness (QED) is 0.593. The second-order valence-corrected chi connectivity index (χ2v) is 2.65. The first kappa shape index (κ1) is 8.96. The molecule has 4 nitrogen and oxygen atoms in total. The molecule has 0 spiro atoms. The zero-order valence-electron chi connectivity index (χ0n) is 6.86. The Kier molecular flexibility index (Phi) is 2.62. The molecular formula is C8H12N2O2. The van der Waals surface area contributed by atoms with Crippen molar-refractivity contribution < 1.29 is 10.2 Å². The Morgan fingerprint density at radius 2 is 2.25 bits per heavy atom. The first-order valence-corrected chi connectivity index (χ1v) is 3.70. The number of nitrogens with two attached hydrogens (primary N) is 1. The molecule has 0 aliphatic heterocycles. The zero-order valence-corrected chi connectivity index (χ0v) is 6.86. The third kappa shape index (κ3) is 1.72. The van der Waals surface area contributed by atoms with Crippen LogP contribution in [0.25, 0.3) is 0 Å². The van der Waals surface area contributed by atoms with E-state index in [-0.39, 0.29) is 18.4 Å². The Morgan fingerprint density at radius 3 is 2.75 bits per heavy atom. The highest BCUT2D eigenvalue weighted by atomic mass is 16.3. The van der Waals surface area contributed by atoms with Gasteiger partial charge in [-0.15, -0.1) is 0 Å². The average molecular weight is 168 g/mol. The van der Waals surface area contributed by atoms with Gasteiger partial charge in [0.25, 0.3) is 0 Å². The molecule has 1 aromatic heterocycles. The third-order valence-corrected chi connectivity index (χ3v) is 1.55. The van der Waals surface area contributed by atoms with Crippen LogP contribution in [0.3, 0.4) is 0 Å². The van der Waals surface area contributed by atoms with Gasteiger partial charge in [-0.25, -0.2) is 4.98 Å². The number of aliphatic hydroxyl groups excluding tert-OH is 1. The molecule has 1 aromatic rings. The maximum absolute atomic E-state index is 9.28. The molecule has 0 aliphatic rings. The van der Waals surface area contributed by atoms with Crippen LogP contribution in [0, 0.1) is 0 Å². The summed E-state index contributed by atoms with van der Waals surface area (Å²) in [7, 11) is 0. The SMILES string of the molecule is C[C@@H](N)c1nc(CO)ccc1O. The van der Waals surface area contributed by atoms with Gasteiger partial charge in [0.1, 0.15) is 5.75 Å². The summed E-state index contributed by atoms with van der Waals surface area (Å²) in [5.74, 6) is 0.0715.